The number of carbonyl (C=O) groups is 1. The molecule has 1 unspecified atom stereocenters. The van der Waals surface area contributed by atoms with Gasteiger partial charge in [0.15, 0.2) is 0 Å². The normalized spacial score (nSPS) is 18.3. The molecule has 0 spiro atoms. The first-order valence-corrected chi connectivity index (χ1v) is 5.09. The standard InChI is InChI=1S/C10H18N2O2/c1-8(10(13)14-2)7-12-9-5-3-4-6-11-9/h8H,3-7H2,1-2H3,(H,11,12). The Labute approximate surface area is 84.7 Å². The number of nitrogens with zero attached hydrogens (tertiary/aromatic N) is 1. The molecule has 0 radical (unpaired) electrons. The zero-order chi connectivity index (χ0) is 10.4. The van der Waals surface area contributed by atoms with Gasteiger partial charge in [-0.05, 0) is 12.8 Å². The minimum Gasteiger partial charge on any atom is -0.469 e. The molecule has 0 aromatic rings. The van der Waals surface area contributed by atoms with Crippen molar-refractivity contribution >= 4 is 11.8 Å². The van der Waals surface area contributed by atoms with Gasteiger partial charge in [0.2, 0.25) is 0 Å². The Hall–Kier alpha value is -1.06. The van der Waals surface area contributed by atoms with E-state index in [1.807, 2.05) is 6.92 Å². The number of carbonyl (C=O) groups excluding carboxylic acids is 1. The fourth-order valence-corrected chi connectivity index (χ4v) is 1.40. The Morgan fingerprint density at radius 1 is 1.64 bits per heavy atom. The maximum absolute atomic E-state index is 11.1. The largest absolute Gasteiger partial charge is 0.469 e. The van der Waals surface area contributed by atoms with E-state index in [0.29, 0.717) is 6.54 Å². The van der Waals surface area contributed by atoms with E-state index in [9.17, 15) is 4.79 Å². The second-order valence-electron chi connectivity index (χ2n) is 3.59. The highest BCUT2D eigenvalue weighted by Crippen LogP contribution is 2.04. The smallest absolute Gasteiger partial charge is 0.310 e. The van der Waals surface area contributed by atoms with Crippen LogP contribution < -0.4 is 5.32 Å². The van der Waals surface area contributed by atoms with E-state index in [-0.39, 0.29) is 11.9 Å². The number of hydrogen-bond donors (Lipinski definition) is 1. The molecule has 0 fully saturated rings. The number of methoxy groups -OCH3 is 1. The van der Waals surface area contributed by atoms with Crippen LogP contribution in [0.15, 0.2) is 4.99 Å². The van der Waals surface area contributed by atoms with E-state index in [2.05, 4.69) is 15.0 Å². The highest BCUT2D eigenvalue weighted by Gasteiger charge is 2.13. The minimum absolute atomic E-state index is 0.107. The average molecular weight is 198 g/mol. The van der Waals surface area contributed by atoms with Crippen LogP contribution in [0.5, 0.6) is 0 Å². The van der Waals surface area contributed by atoms with Gasteiger partial charge in [-0.25, -0.2) is 0 Å². The van der Waals surface area contributed by atoms with Gasteiger partial charge in [0.05, 0.1) is 18.9 Å². The van der Waals surface area contributed by atoms with E-state index < -0.39 is 0 Å². The molecule has 1 atom stereocenters. The number of esters is 1. The number of nitrogens with one attached hydrogen (secondary N) is 1. The predicted molar refractivity (Wildman–Crippen MR) is 55.3 cm³/mol. The maximum Gasteiger partial charge on any atom is 0.310 e. The number of aliphatic imine (C=N–C) groups is 1. The third-order valence-corrected chi connectivity index (χ3v) is 2.34. The molecule has 1 rings (SSSR count). The first kappa shape index (κ1) is 11.0. The first-order chi connectivity index (χ1) is 6.74. The summed E-state index contributed by atoms with van der Waals surface area (Å²) in [5.41, 5.74) is 0. The molecule has 1 aliphatic heterocycles. The summed E-state index contributed by atoms with van der Waals surface area (Å²) in [6.07, 6.45) is 3.38. The van der Waals surface area contributed by atoms with Crippen molar-refractivity contribution in [3.05, 3.63) is 0 Å². The van der Waals surface area contributed by atoms with Crippen LogP contribution >= 0.6 is 0 Å². The molecule has 0 bridgehead atoms. The fraction of sp³-hybridized carbons (Fsp3) is 0.800. The van der Waals surface area contributed by atoms with Crippen molar-refractivity contribution in [3.63, 3.8) is 0 Å². The molecule has 1 N–H and O–H groups in total. The van der Waals surface area contributed by atoms with Crippen molar-refractivity contribution in [1.29, 1.82) is 0 Å². The lowest BCUT2D eigenvalue weighted by molar-refractivity contribution is -0.144. The van der Waals surface area contributed by atoms with Gasteiger partial charge in [0.25, 0.3) is 0 Å². The highest BCUT2D eigenvalue weighted by atomic mass is 16.5. The summed E-state index contributed by atoms with van der Waals surface area (Å²) in [5, 5.41) is 3.19. The van der Waals surface area contributed by atoms with Crippen LogP contribution in [0.4, 0.5) is 0 Å². The predicted octanol–water partition coefficient (Wildman–Crippen LogP) is 0.967. The van der Waals surface area contributed by atoms with E-state index in [1.165, 1.54) is 20.0 Å². The third-order valence-electron chi connectivity index (χ3n) is 2.34. The summed E-state index contributed by atoms with van der Waals surface area (Å²) >= 11 is 0. The summed E-state index contributed by atoms with van der Waals surface area (Å²) in [5.74, 6) is 0.755. The van der Waals surface area contributed by atoms with Crippen LogP contribution in [-0.4, -0.2) is 32.0 Å². The van der Waals surface area contributed by atoms with Crippen LogP contribution in [0.3, 0.4) is 0 Å². The third kappa shape index (κ3) is 3.36. The van der Waals surface area contributed by atoms with Crippen molar-refractivity contribution in [1.82, 2.24) is 5.32 Å². The van der Waals surface area contributed by atoms with Gasteiger partial charge in [-0.1, -0.05) is 6.92 Å². The zero-order valence-corrected chi connectivity index (χ0v) is 8.88. The summed E-state index contributed by atoms with van der Waals surface area (Å²) in [6.45, 7) is 3.38. The summed E-state index contributed by atoms with van der Waals surface area (Å²) in [7, 11) is 1.41. The molecule has 1 heterocycles. The van der Waals surface area contributed by atoms with Gasteiger partial charge in [-0.3, -0.25) is 9.79 Å². The molecule has 0 saturated carbocycles. The average Bonchev–Trinajstić information content (AvgIpc) is 2.26. The monoisotopic (exact) mass is 198 g/mol. The Bertz CT molecular complexity index is 226. The van der Waals surface area contributed by atoms with Crippen molar-refractivity contribution in [2.24, 2.45) is 10.9 Å². The zero-order valence-electron chi connectivity index (χ0n) is 8.88. The first-order valence-electron chi connectivity index (χ1n) is 5.09. The number of rotatable bonds is 3. The second-order valence-corrected chi connectivity index (χ2v) is 3.59. The number of amidine groups is 1. The molecule has 4 heteroatoms. The fourth-order valence-electron chi connectivity index (χ4n) is 1.40. The summed E-state index contributed by atoms with van der Waals surface area (Å²) in [4.78, 5) is 15.4. The summed E-state index contributed by atoms with van der Waals surface area (Å²) in [6, 6.07) is 0. The van der Waals surface area contributed by atoms with Crippen LogP contribution in [0, 0.1) is 5.92 Å². The van der Waals surface area contributed by atoms with Gasteiger partial charge in [0.1, 0.15) is 0 Å². The van der Waals surface area contributed by atoms with Crippen LogP contribution in [0.2, 0.25) is 0 Å². The highest BCUT2D eigenvalue weighted by molar-refractivity contribution is 5.83. The molecule has 0 saturated heterocycles. The van der Waals surface area contributed by atoms with Crippen molar-refractivity contribution < 1.29 is 9.53 Å². The van der Waals surface area contributed by atoms with E-state index in [4.69, 9.17) is 0 Å². The van der Waals surface area contributed by atoms with Gasteiger partial charge >= 0.3 is 5.97 Å². The number of hydrogen-bond acceptors (Lipinski definition) is 4. The minimum atomic E-state index is -0.172. The van der Waals surface area contributed by atoms with Crippen LogP contribution in [-0.2, 0) is 9.53 Å². The Balaban J connectivity index is 2.25. The number of ether oxygens (including phenoxy) is 1. The molecule has 80 valence electrons. The lowest BCUT2D eigenvalue weighted by Gasteiger charge is -2.16. The quantitative estimate of drug-likeness (QED) is 0.687. The summed E-state index contributed by atoms with van der Waals surface area (Å²) < 4.78 is 4.63. The van der Waals surface area contributed by atoms with E-state index in [1.54, 1.807) is 0 Å². The Morgan fingerprint density at radius 2 is 2.43 bits per heavy atom. The lowest BCUT2D eigenvalue weighted by atomic mass is 10.1. The van der Waals surface area contributed by atoms with Gasteiger partial charge in [-0.2, -0.15) is 0 Å². The van der Waals surface area contributed by atoms with E-state index in [0.717, 1.165) is 18.8 Å². The van der Waals surface area contributed by atoms with Gasteiger partial charge in [0, 0.05) is 19.5 Å². The van der Waals surface area contributed by atoms with Crippen molar-refractivity contribution in [2.75, 3.05) is 20.2 Å². The molecule has 14 heavy (non-hydrogen) atoms. The SMILES string of the molecule is COC(=O)C(C)CNC1=NCCCC1. The van der Waals surface area contributed by atoms with Gasteiger partial charge in [-0.15, -0.1) is 0 Å². The molecule has 0 aromatic heterocycles. The second kappa shape index (κ2) is 5.62. The molecular weight excluding hydrogens is 180 g/mol. The molecule has 0 amide bonds. The van der Waals surface area contributed by atoms with Gasteiger partial charge < -0.3 is 10.1 Å². The maximum atomic E-state index is 11.1. The lowest BCUT2D eigenvalue weighted by Crippen LogP contribution is -2.33. The molecular formula is C10H18N2O2. The molecule has 0 aromatic carbocycles. The molecule has 4 nitrogen and oxygen atoms in total. The molecule has 0 aliphatic carbocycles. The topological polar surface area (TPSA) is 50.7 Å². The van der Waals surface area contributed by atoms with Crippen molar-refractivity contribution in [3.8, 4) is 0 Å². The Kier molecular flexibility index (Phi) is 4.43. The van der Waals surface area contributed by atoms with E-state index >= 15 is 0 Å². The molecule has 1 aliphatic rings. The van der Waals surface area contributed by atoms with Crippen LogP contribution in [0.25, 0.3) is 0 Å². The van der Waals surface area contributed by atoms with Crippen LogP contribution in [0.1, 0.15) is 26.2 Å². The Morgan fingerprint density at radius 3 is 3.00 bits per heavy atom. The van der Waals surface area contributed by atoms with Crippen molar-refractivity contribution in [2.45, 2.75) is 26.2 Å².